The second kappa shape index (κ2) is 13.0. The Labute approximate surface area is 173 Å². The van der Waals surface area contributed by atoms with Crippen LogP contribution in [-0.2, 0) is 24.0 Å². The molecule has 0 aromatic heterocycles. The van der Waals surface area contributed by atoms with Gasteiger partial charge in [-0.2, -0.15) is 12.6 Å². The number of hydrogen-bond donors (Lipinski definition) is 8. The number of thiol groups is 1. The van der Waals surface area contributed by atoms with Crippen molar-refractivity contribution < 1.29 is 34.2 Å². The first-order valence-corrected chi connectivity index (χ1v) is 9.51. The van der Waals surface area contributed by atoms with Gasteiger partial charge >= 0.3 is 5.97 Å². The fourth-order valence-electron chi connectivity index (χ4n) is 2.11. The third kappa shape index (κ3) is 9.11. The molecule has 0 spiro atoms. The number of aliphatic hydroxyl groups excluding tert-OH is 1. The van der Waals surface area contributed by atoms with Crippen LogP contribution in [0.2, 0.25) is 0 Å². The van der Waals surface area contributed by atoms with E-state index in [-0.39, 0.29) is 11.7 Å². The summed E-state index contributed by atoms with van der Waals surface area (Å²) in [6, 6.07) is -5.15. The Morgan fingerprint density at radius 2 is 1.45 bits per heavy atom. The Kier molecular flexibility index (Phi) is 11.9. The van der Waals surface area contributed by atoms with Crippen molar-refractivity contribution in [2.75, 3.05) is 12.4 Å². The fourth-order valence-corrected chi connectivity index (χ4v) is 2.37. The van der Waals surface area contributed by atoms with Gasteiger partial charge in [0.25, 0.3) is 0 Å². The van der Waals surface area contributed by atoms with Gasteiger partial charge in [0.2, 0.25) is 23.6 Å². The zero-order valence-electron chi connectivity index (χ0n) is 16.3. The molecule has 0 saturated heterocycles. The van der Waals surface area contributed by atoms with Gasteiger partial charge in [-0.25, -0.2) is 4.79 Å². The van der Waals surface area contributed by atoms with E-state index in [4.69, 9.17) is 16.6 Å². The Bertz CT molecular complexity index is 618. The predicted molar refractivity (Wildman–Crippen MR) is 106 cm³/mol. The van der Waals surface area contributed by atoms with Crippen LogP contribution in [0.3, 0.4) is 0 Å². The Hall–Kier alpha value is -2.38. The summed E-state index contributed by atoms with van der Waals surface area (Å²) in [6.45, 7) is 2.84. The van der Waals surface area contributed by atoms with Gasteiger partial charge in [0, 0.05) is 5.75 Å². The second-order valence-corrected chi connectivity index (χ2v) is 6.83. The van der Waals surface area contributed by atoms with Crippen LogP contribution in [0.15, 0.2) is 0 Å². The van der Waals surface area contributed by atoms with Gasteiger partial charge in [0.05, 0.1) is 19.1 Å². The molecule has 0 aliphatic heterocycles. The number of carboxylic acids is 1. The number of primary amides is 1. The van der Waals surface area contributed by atoms with Crippen LogP contribution in [-0.4, -0.2) is 76.3 Å². The third-order valence-corrected chi connectivity index (χ3v) is 4.58. The number of aliphatic hydroxyl groups is 1. The standard InChI is InChI=1S/C16H29N5O7S/c1-3-7(2)12(18)15(26)20-9(5-22)13(24)21-10(6-29)14(25)19-8(16(27)28)4-11(17)23/h7-10,12,22,29H,3-6,18H2,1-2H3,(H2,17,23)(H,19,25)(H,20,26)(H,21,24)(H,27,28). The van der Waals surface area contributed by atoms with Crippen molar-refractivity contribution in [2.45, 2.75) is 50.9 Å². The van der Waals surface area contributed by atoms with Gasteiger partial charge in [0.1, 0.15) is 18.1 Å². The molecule has 0 aromatic rings. The van der Waals surface area contributed by atoms with Crippen molar-refractivity contribution in [1.29, 1.82) is 0 Å². The number of hydrogen-bond acceptors (Lipinski definition) is 8. The predicted octanol–water partition coefficient (Wildman–Crippen LogP) is -3.30. The van der Waals surface area contributed by atoms with Crippen molar-refractivity contribution in [3.05, 3.63) is 0 Å². The number of carboxylic acid groups (broad SMARTS) is 1. The van der Waals surface area contributed by atoms with E-state index in [0.29, 0.717) is 6.42 Å². The lowest BCUT2D eigenvalue weighted by atomic mass is 9.99. The summed E-state index contributed by atoms with van der Waals surface area (Å²) in [5, 5.41) is 25.0. The molecule has 13 heteroatoms. The number of carbonyl (C=O) groups excluding carboxylic acids is 4. The molecule has 0 aliphatic rings. The largest absolute Gasteiger partial charge is 0.480 e. The topological polar surface area (TPSA) is 214 Å². The highest BCUT2D eigenvalue weighted by atomic mass is 32.1. The summed E-state index contributed by atoms with van der Waals surface area (Å²) in [7, 11) is 0. The highest BCUT2D eigenvalue weighted by Crippen LogP contribution is 2.05. The maximum absolute atomic E-state index is 12.3. The van der Waals surface area contributed by atoms with Crippen LogP contribution in [0.4, 0.5) is 0 Å². The number of nitrogens with two attached hydrogens (primary N) is 2. The molecule has 29 heavy (non-hydrogen) atoms. The molecule has 0 rings (SSSR count). The molecule has 0 bridgehead atoms. The molecule has 0 heterocycles. The van der Waals surface area contributed by atoms with Gasteiger partial charge < -0.3 is 37.6 Å². The maximum atomic E-state index is 12.3. The average Bonchev–Trinajstić information content (AvgIpc) is 2.67. The van der Waals surface area contributed by atoms with Crippen molar-refractivity contribution in [1.82, 2.24) is 16.0 Å². The van der Waals surface area contributed by atoms with Crippen LogP contribution >= 0.6 is 12.6 Å². The van der Waals surface area contributed by atoms with Gasteiger partial charge in [-0.05, 0) is 5.92 Å². The van der Waals surface area contributed by atoms with Crippen molar-refractivity contribution >= 4 is 42.2 Å². The van der Waals surface area contributed by atoms with Crippen molar-refractivity contribution in [3.8, 4) is 0 Å². The zero-order valence-corrected chi connectivity index (χ0v) is 17.1. The lowest BCUT2D eigenvalue weighted by Crippen LogP contribution is -2.59. The quantitative estimate of drug-likeness (QED) is 0.137. The lowest BCUT2D eigenvalue weighted by molar-refractivity contribution is -0.143. The first-order valence-electron chi connectivity index (χ1n) is 8.87. The molecule has 0 fully saturated rings. The Morgan fingerprint density at radius 1 is 0.966 bits per heavy atom. The molecular formula is C16H29N5O7S. The average molecular weight is 436 g/mol. The van der Waals surface area contributed by atoms with Gasteiger partial charge in [0.15, 0.2) is 0 Å². The summed E-state index contributed by atoms with van der Waals surface area (Å²) in [4.78, 5) is 58.6. The SMILES string of the molecule is CCC(C)C(N)C(=O)NC(CO)C(=O)NC(CS)C(=O)NC(CC(N)=O)C(=O)O. The lowest BCUT2D eigenvalue weighted by Gasteiger charge is -2.24. The molecule has 5 atom stereocenters. The number of amides is 4. The molecule has 5 unspecified atom stereocenters. The fraction of sp³-hybridized carbons (Fsp3) is 0.688. The highest BCUT2D eigenvalue weighted by molar-refractivity contribution is 7.80. The third-order valence-electron chi connectivity index (χ3n) is 4.21. The van der Waals surface area contributed by atoms with E-state index in [1.165, 1.54) is 0 Å². The first-order chi connectivity index (χ1) is 13.5. The van der Waals surface area contributed by atoms with Gasteiger partial charge in [-0.15, -0.1) is 0 Å². The molecule has 12 nitrogen and oxygen atoms in total. The summed E-state index contributed by atoms with van der Waals surface area (Å²) in [5.41, 5.74) is 10.7. The van der Waals surface area contributed by atoms with Crippen LogP contribution in [0, 0.1) is 5.92 Å². The molecule has 0 aromatic carbocycles. The Morgan fingerprint density at radius 3 is 1.86 bits per heavy atom. The van der Waals surface area contributed by atoms with E-state index >= 15 is 0 Å². The highest BCUT2D eigenvalue weighted by Gasteiger charge is 2.30. The summed E-state index contributed by atoms with van der Waals surface area (Å²) >= 11 is 3.93. The van der Waals surface area contributed by atoms with E-state index in [9.17, 15) is 29.1 Å². The van der Waals surface area contributed by atoms with E-state index in [1.807, 2.05) is 6.92 Å². The summed E-state index contributed by atoms with van der Waals surface area (Å²) in [5.74, 6) is -5.28. The van der Waals surface area contributed by atoms with Crippen LogP contribution in [0.5, 0.6) is 0 Å². The summed E-state index contributed by atoms with van der Waals surface area (Å²) < 4.78 is 0. The number of rotatable bonds is 13. The minimum atomic E-state index is -1.58. The minimum Gasteiger partial charge on any atom is -0.480 e. The second-order valence-electron chi connectivity index (χ2n) is 6.47. The molecule has 0 saturated carbocycles. The van der Waals surface area contributed by atoms with Crippen LogP contribution in [0.25, 0.3) is 0 Å². The van der Waals surface area contributed by atoms with E-state index in [2.05, 4.69) is 28.6 Å². The monoisotopic (exact) mass is 435 g/mol. The first kappa shape index (κ1) is 26.6. The van der Waals surface area contributed by atoms with E-state index in [1.54, 1.807) is 6.92 Å². The normalized spacial score (nSPS) is 15.9. The minimum absolute atomic E-state index is 0.161. The van der Waals surface area contributed by atoms with Crippen molar-refractivity contribution in [2.24, 2.45) is 17.4 Å². The van der Waals surface area contributed by atoms with Crippen LogP contribution in [0.1, 0.15) is 26.7 Å². The van der Waals surface area contributed by atoms with E-state index in [0.717, 1.165) is 0 Å². The van der Waals surface area contributed by atoms with E-state index < -0.39 is 66.8 Å². The smallest absolute Gasteiger partial charge is 0.326 e. The molecule has 9 N–H and O–H groups in total. The number of aliphatic carboxylic acids is 1. The molecule has 166 valence electrons. The van der Waals surface area contributed by atoms with Gasteiger partial charge in [-0.1, -0.05) is 20.3 Å². The number of carbonyl (C=O) groups is 5. The molecule has 0 radical (unpaired) electrons. The zero-order chi connectivity index (χ0) is 22.7. The van der Waals surface area contributed by atoms with Crippen molar-refractivity contribution in [3.63, 3.8) is 0 Å². The molecule has 4 amide bonds. The molecular weight excluding hydrogens is 406 g/mol. The summed E-state index contributed by atoms with van der Waals surface area (Å²) in [6.07, 6.45) is -0.0142. The van der Waals surface area contributed by atoms with Crippen LogP contribution < -0.4 is 27.4 Å². The van der Waals surface area contributed by atoms with Gasteiger partial charge in [-0.3, -0.25) is 19.2 Å². The number of nitrogens with one attached hydrogen (secondary N) is 3. The molecule has 0 aliphatic carbocycles. The maximum Gasteiger partial charge on any atom is 0.326 e. The Balaban J connectivity index is 5.04.